The largest absolute Gasteiger partial charge is 0.383 e. The number of likely N-dealkylation sites (N-methyl/N-ethyl adjacent to an activating group) is 1. The average molecular weight is 240 g/mol. The molecule has 1 aromatic rings. The third kappa shape index (κ3) is 4.86. The summed E-state index contributed by atoms with van der Waals surface area (Å²) in [4.78, 5) is 11.3. The van der Waals surface area contributed by atoms with Gasteiger partial charge in [0.05, 0.1) is 6.61 Å². The molecule has 6 heteroatoms. The molecule has 2 N–H and O–H groups in total. The van der Waals surface area contributed by atoms with Gasteiger partial charge in [0, 0.05) is 32.0 Å². The summed E-state index contributed by atoms with van der Waals surface area (Å²) in [5.74, 6) is 0.714. The van der Waals surface area contributed by atoms with Gasteiger partial charge in [-0.1, -0.05) is 0 Å². The van der Waals surface area contributed by atoms with Gasteiger partial charge in [-0.2, -0.15) is 5.10 Å². The lowest BCUT2D eigenvalue weighted by Gasteiger charge is -2.11. The zero-order chi connectivity index (χ0) is 12.7. The maximum absolute atomic E-state index is 11.3. The second kappa shape index (κ2) is 6.90. The number of anilines is 1. The predicted octanol–water partition coefficient (Wildman–Crippen LogP) is 0.466. The molecule has 0 aliphatic heterocycles. The van der Waals surface area contributed by atoms with Gasteiger partial charge in [-0.3, -0.25) is 9.48 Å². The molecular formula is C11H20N4O2. The first-order chi connectivity index (χ1) is 8.15. The van der Waals surface area contributed by atoms with Gasteiger partial charge < -0.3 is 15.4 Å². The Morgan fingerprint density at radius 2 is 2.41 bits per heavy atom. The van der Waals surface area contributed by atoms with Crippen molar-refractivity contribution in [2.24, 2.45) is 0 Å². The minimum absolute atomic E-state index is 0.0351. The van der Waals surface area contributed by atoms with Gasteiger partial charge in [-0.05, 0) is 13.8 Å². The van der Waals surface area contributed by atoms with E-state index in [1.165, 1.54) is 0 Å². The van der Waals surface area contributed by atoms with Crippen LogP contribution >= 0.6 is 0 Å². The Balaban J connectivity index is 2.45. The van der Waals surface area contributed by atoms with E-state index < -0.39 is 0 Å². The molecule has 0 aliphatic carbocycles. The fraction of sp³-hybridized carbons (Fsp3) is 0.636. The number of nitrogens with zero attached hydrogens (tertiary/aromatic N) is 2. The number of amides is 1. The Morgan fingerprint density at radius 1 is 1.65 bits per heavy atom. The highest BCUT2D eigenvalue weighted by Crippen LogP contribution is 2.04. The lowest BCUT2D eigenvalue weighted by Crippen LogP contribution is -2.27. The van der Waals surface area contributed by atoms with E-state index >= 15 is 0 Å². The normalized spacial score (nSPS) is 12.2. The molecule has 1 aromatic heterocycles. The van der Waals surface area contributed by atoms with Crippen molar-refractivity contribution in [3.05, 3.63) is 12.3 Å². The van der Waals surface area contributed by atoms with E-state index in [1.807, 2.05) is 19.9 Å². The van der Waals surface area contributed by atoms with Crippen molar-refractivity contribution in [2.45, 2.75) is 26.4 Å². The summed E-state index contributed by atoms with van der Waals surface area (Å²) < 4.78 is 6.62. The highest BCUT2D eigenvalue weighted by molar-refractivity contribution is 5.75. The first-order valence-corrected chi connectivity index (χ1v) is 5.71. The minimum atomic E-state index is -0.0351. The molecule has 0 radical (unpaired) electrons. The lowest BCUT2D eigenvalue weighted by molar-refractivity contribution is -0.121. The lowest BCUT2D eigenvalue weighted by atomic mass is 10.3. The Bertz CT molecular complexity index is 351. The van der Waals surface area contributed by atoms with E-state index in [0.717, 1.165) is 5.82 Å². The van der Waals surface area contributed by atoms with Crippen LogP contribution in [0.5, 0.6) is 0 Å². The van der Waals surface area contributed by atoms with Gasteiger partial charge in [0.1, 0.15) is 12.4 Å². The molecule has 96 valence electrons. The van der Waals surface area contributed by atoms with Crippen LogP contribution in [0.25, 0.3) is 0 Å². The SMILES string of the molecule is CCNC(=O)Cn1ccc(N[C@@H](C)COC)n1. The van der Waals surface area contributed by atoms with Crippen LogP contribution in [0.15, 0.2) is 12.3 Å². The van der Waals surface area contributed by atoms with E-state index in [1.54, 1.807) is 18.0 Å². The van der Waals surface area contributed by atoms with Crippen molar-refractivity contribution in [1.29, 1.82) is 0 Å². The molecular weight excluding hydrogens is 220 g/mol. The molecule has 0 aliphatic rings. The standard InChI is InChI=1S/C11H20N4O2/c1-4-12-11(16)7-15-6-5-10(14-15)13-9(2)8-17-3/h5-6,9H,4,7-8H2,1-3H3,(H,12,16)(H,13,14)/t9-/m0/s1. The van der Waals surface area contributed by atoms with Crippen LogP contribution in [-0.2, 0) is 16.1 Å². The molecule has 0 unspecified atom stereocenters. The highest BCUT2D eigenvalue weighted by Gasteiger charge is 2.06. The summed E-state index contributed by atoms with van der Waals surface area (Å²) in [7, 11) is 1.66. The molecule has 0 aromatic carbocycles. The maximum Gasteiger partial charge on any atom is 0.241 e. The van der Waals surface area contributed by atoms with E-state index in [-0.39, 0.29) is 18.5 Å². The number of nitrogens with one attached hydrogen (secondary N) is 2. The molecule has 1 heterocycles. The monoisotopic (exact) mass is 240 g/mol. The van der Waals surface area contributed by atoms with Crippen LogP contribution in [0.4, 0.5) is 5.82 Å². The molecule has 6 nitrogen and oxygen atoms in total. The van der Waals surface area contributed by atoms with Crippen LogP contribution in [0.2, 0.25) is 0 Å². The summed E-state index contributed by atoms with van der Waals surface area (Å²) in [6.07, 6.45) is 1.77. The molecule has 0 bridgehead atoms. The van der Waals surface area contributed by atoms with Crippen molar-refractivity contribution < 1.29 is 9.53 Å². The smallest absolute Gasteiger partial charge is 0.241 e. The van der Waals surface area contributed by atoms with Crippen molar-refractivity contribution >= 4 is 11.7 Å². The predicted molar refractivity (Wildman–Crippen MR) is 65.9 cm³/mol. The molecule has 0 spiro atoms. The highest BCUT2D eigenvalue weighted by atomic mass is 16.5. The summed E-state index contributed by atoms with van der Waals surface area (Å²) in [6.45, 7) is 5.39. The molecule has 1 amide bonds. The summed E-state index contributed by atoms with van der Waals surface area (Å²) >= 11 is 0. The zero-order valence-electron chi connectivity index (χ0n) is 10.6. The number of carbonyl (C=O) groups is 1. The van der Waals surface area contributed by atoms with E-state index in [4.69, 9.17) is 4.74 Å². The van der Waals surface area contributed by atoms with Gasteiger partial charge in [-0.25, -0.2) is 0 Å². The van der Waals surface area contributed by atoms with Crippen LogP contribution < -0.4 is 10.6 Å². The van der Waals surface area contributed by atoms with Crippen LogP contribution in [0, 0.1) is 0 Å². The van der Waals surface area contributed by atoms with Gasteiger partial charge in [0.15, 0.2) is 0 Å². The maximum atomic E-state index is 11.3. The number of methoxy groups -OCH3 is 1. The summed E-state index contributed by atoms with van der Waals surface area (Å²) in [5, 5.41) is 10.1. The average Bonchev–Trinajstić information content (AvgIpc) is 2.66. The van der Waals surface area contributed by atoms with Gasteiger partial charge in [0.25, 0.3) is 0 Å². The van der Waals surface area contributed by atoms with Crippen LogP contribution in [-0.4, -0.2) is 42.0 Å². The molecule has 1 atom stereocenters. The molecule has 0 fully saturated rings. The third-order valence-corrected chi connectivity index (χ3v) is 2.13. The molecule has 17 heavy (non-hydrogen) atoms. The quantitative estimate of drug-likeness (QED) is 0.727. The second-order valence-electron chi connectivity index (χ2n) is 3.85. The topological polar surface area (TPSA) is 68.2 Å². The number of hydrogen-bond acceptors (Lipinski definition) is 4. The third-order valence-electron chi connectivity index (χ3n) is 2.13. The van der Waals surface area contributed by atoms with Crippen molar-refractivity contribution in [2.75, 3.05) is 25.6 Å². The molecule has 1 rings (SSSR count). The number of aromatic nitrogens is 2. The Hall–Kier alpha value is -1.56. The van der Waals surface area contributed by atoms with E-state index in [9.17, 15) is 4.79 Å². The van der Waals surface area contributed by atoms with E-state index in [0.29, 0.717) is 13.2 Å². The Labute approximate surface area is 101 Å². The first kappa shape index (κ1) is 13.5. The fourth-order valence-corrected chi connectivity index (χ4v) is 1.47. The van der Waals surface area contributed by atoms with Crippen molar-refractivity contribution in [1.82, 2.24) is 15.1 Å². The van der Waals surface area contributed by atoms with E-state index in [2.05, 4.69) is 15.7 Å². The fourth-order valence-electron chi connectivity index (χ4n) is 1.47. The van der Waals surface area contributed by atoms with Crippen LogP contribution in [0.3, 0.4) is 0 Å². The van der Waals surface area contributed by atoms with Crippen molar-refractivity contribution in [3.8, 4) is 0 Å². The molecule has 0 saturated carbocycles. The van der Waals surface area contributed by atoms with Gasteiger partial charge in [0.2, 0.25) is 5.91 Å². The minimum Gasteiger partial charge on any atom is -0.383 e. The molecule has 0 saturated heterocycles. The zero-order valence-corrected chi connectivity index (χ0v) is 10.6. The van der Waals surface area contributed by atoms with Gasteiger partial charge in [-0.15, -0.1) is 0 Å². The number of carbonyl (C=O) groups excluding carboxylic acids is 1. The Kier molecular flexibility index (Phi) is 5.48. The van der Waals surface area contributed by atoms with Crippen molar-refractivity contribution in [3.63, 3.8) is 0 Å². The summed E-state index contributed by atoms with van der Waals surface area (Å²) in [6, 6.07) is 2.03. The number of ether oxygens (including phenoxy) is 1. The number of hydrogen-bond donors (Lipinski definition) is 2. The summed E-state index contributed by atoms with van der Waals surface area (Å²) in [5.41, 5.74) is 0. The van der Waals surface area contributed by atoms with Crippen LogP contribution in [0.1, 0.15) is 13.8 Å². The van der Waals surface area contributed by atoms with Gasteiger partial charge >= 0.3 is 0 Å². The second-order valence-corrected chi connectivity index (χ2v) is 3.85. The number of rotatable bonds is 7. The Morgan fingerprint density at radius 3 is 3.06 bits per heavy atom. The first-order valence-electron chi connectivity index (χ1n) is 5.71.